The average molecular weight is 297 g/mol. The Hall–Kier alpha value is -1.63. The van der Waals surface area contributed by atoms with Gasteiger partial charge >= 0.3 is 12.0 Å². The van der Waals surface area contributed by atoms with Crippen molar-refractivity contribution in [1.29, 1.82) is 0 Å². The van der Waals surface area contributed by atoms with Crippen LogP contribution < -0.4 is 5.32 Å². The molecule has 1 aliphatic heterocycles. The zero-order valence-corrected chi connectivity index (χ0v) is 12.4. The lowest BCUT2D eigenvalue weighted by Gasteiger charge is -2.37. The maximum absolute atomic E-state index is 12.3. The molecule has 3 unspecified atom stereocenters. The Morgan fingerprint density at radius 1 is 1.60 bits per heavy atom. The molecule has 0 aliphatic carbocycles. The van der Waals surface area contributed by atoms with Gasteiger partial charge in [-0.1, -0.05) is 6.92 Å². The molecule has 1 aromatic heterocycles. The van der Waals surface area contributed by atoms with Gasteiger partial charge in [0.2, 0.25) is 0 Å². The van der Waals surface area contributed by atoms with Gasteiger partial charge in [-0.05, 0) is 25.7 Å². The van der Waals surface area contributed by atoms with E-state index in [1.807, 2.05) is 19.2 Å². The number of carbonyl (C=O) groups is 2. The molecule has 2 N–H and O–H groups in total. The van der Waals surface area contributed by atoms with Crippen LogP contribution in [0.1, 0.15) is 37.7 Å². The number of hydrogen-bond acceptors (Lipinski definition) is 4. The van der Waals surface area contributed by atoms with Gasteiger partial charge in [0, 0.05) is 18.1 Å². The van der Waals surface area contributed by atoms with Crippen LogP contribution in [0.5, 0.6) is 0 Å². The highest BCUT2D eigenvalue weighted by atomic mass is 32.1. The molecule has 0 aromatic carbocycles. The molecule has 1 aliphatic rings. The first-order valence-corrected chi connectivity index (χ1v) is 7.58. The third-order valence-electron chi connectivity index (χ3n) is 3.61. The maximum Gasteiger partial charge on any atom is 0.326 e. The van der Waals surface area contributed by atoms with Gasteiger partial charge in [-0.15, -0.1) is 11.3 Å². The minimum atomic E-state index is -0.936. The van der Waals surface area contributed by atoms with E-state index >= 15 is 0 Å². The highest BCUT2D eigenvalue weighted by Crippen LogP contribution is 2.24. The number of nitrogens with one attached hydrogen (secondary N) is 1. The van der Waals surface area contributed by atoms with Crippen LogP contribution in [0, 0.1) is 5.92 Å². The van der Waals surface area contributed by atoms with Crippen molar-refractivity contribution in [2.45, 2.75) is 38.8 Å². The second-order valence-electron chi connectivity index (χ2n) is 5.14. The molecular weight excluding hydrogens is 278 g/mol. The lowest BCUT2D eigenvalue weighted by Crippen LogP contribution is -2.55. The first-order chi connectivity index (χ1) is 9.50. The first kappa shape index (κ1) is 14.8. The van der Waals surface area contributed by atoms with E-state index in [1.54, 1.807) is 6.20 Å². The van der Waals surface area contributed by atoms with Gasteiger partial charge in [0.25, 0.3) is 0 Å². The third kappa shape index (κ3) is 3.09. The molecule has 1 saturated heterocycles. The molecule has 110 valence electrons. The summed E-state index contributed by atoms with van der Waals surface area (Å²) in [5, 5.41) is 14.8. The second-order valence-corrected chi connectivity index (χ2v) is 6.06. The van der Waals surface area contributed by atoms with E-state index in [-0.39, 0.29) is 18.0 Å². The summed E-state index contributed by atoms with van der Waals surface area (Å²) in [5.41, 5.74) is 0. The average Bonchev–Trinajstić information content (AvgIpc) is 2.91. The lowest BCUT2D eigenvalue weighted by molar-refractivity contribution is -0.145. The fraction of sp³-hybridized carbons (Fsp3) is 0.615. The van der Waals surface area contributed by atoms with Crippen LogP contribution in [0.2, 0.25) is 0 Å². The molecule has 0 bridgehead atoms. The van der Waals surface area contributed by atoms with Gasteiger partial charge in [-0.2, -0.15) is 0 Å². The van der Waals surface area contributed by atoms with Gasteiger partial charge in [-0.25, -0.2) is 14.6 Å². The number of urea groups is 1. The predicted octanol–water partition coefficient (Wildman–Crippen LogP) is 2.10. The molecule has 0 spiro atoms. The van der Waals surface area contributed by atoms with Crippen molar-refractivity contribution in [1.82, 2.24) is 15.2 Å². The highest BCUT2D eigenvalue weighted by Gasteiger charge is 2.37. The molecule has 1 fully saturated rings. The van der Waals surface area contributed by atoms with Gasteiger partial charge in [0.15, 0.2) is 0 Å². The summed E-state index contributed by atoms with van der Waals surface area (Å²) in [7, 11) is 0. The number of nitrogens with zero attached hydrogens (tertiary/aromatic N) is 2. The molecule has 2 amide bonds. The van der Waals surface area contributed by atoms with Crippen LogP contribution in [0.15, 0.2) is 11.6 Å². The van der Waals surface area contributed by atoms with E-state index < -0.39 is 12.0 Å². The molecular formula is C13H19N3O3S. The number of aliphatic carboxylic acids is 1. The van der Waals surface area contributed by atoms with E-state index in [2.05, 4.69) is 10.3 Å². The Morgan fingerprint density at radius 3 is 2.95 bits per heavy atom. The van der Waals surface area contributed by atoms with E-state index in [4.69, 9.17) is 0 Å². The van der Waals surface area contributed by atoms with Crippen LogP contribution in [0.25, 0.3) is 0 Å². The minimum absolute atomic E-state index is 0.0258. The number of carboxylic acid groups (broad SMARTS) is 1. The molecule has 2 heterocycles. The third-order valence-corrected chi connectivity index (χ3v) is 4.57. The van der Waals surface area contributed by atoms with E-state index in [0.29, 0.717) is 6.54 Å². The summed E-state index contributed by atoms with van der Waals surface area (Å²) < 4.78 is 0. The second kappa shape index (κ2) is 6.21. The Bertz CT molecular complexity index is 477. The summed E-state index contributed by atoms with van der Waals surface area (Å²) in [6, 6.07) is -1.28. The minimum Gasteiger partial charge on any atom is -0.480 e. The number of hydrogen-bond donors (Lipinski definition) is 2. The zero-order valence-electron chi connectivity index (χ0n) is 11.6. The van der Waals surface area contributed by atoms with Crippen LogP contribution >= 0.6 is 11.3 Å². The van der Waals surface area contributed by atoms with Crippen molar-refractivity contribution in [3.8, 4) is 0 Å². The fourth-order valence-corrected chi connectivity index (χ4v) is 3.22. The number of rotatable bonds is 3. The highest BCUT2D eigenvalue weighted by molar-refractivity contribution is 7.09. The van der Waals surface area contributed by atoms with Gasteiger partial charge in [-0.3, -0.25) is 0 Å². The number of amides is 2. The van der Waals surface area contributed by atoms with E-state index in [9.17, 15) is 14.7 Å². The summed E-state index contributed by atoms with van der Waals surface area (Å²) >= 11 is 1.47. The number of carbonyl (C=O) groups excluding carboxylic acids is 1. The standard InChI is InChI=1S/C13H19N3O3S/c1-8-4-3-6-16(10(8)12(17)18)13(19)15-9(2)11-14-5-7-20-11/h5,7-10H,3-4,6H2,1-2H3,(H,15,19)(H,17,18). The van der Waals surface area contributed by atoms with E-state index in [0.717, 1.165) is 17.8 Å². The fourth-order valence-electron chi connectivity index (χ4n) is 2.57. The topological polar surface area (TPSA) is 82.5 Å². The molecule has 20 heavy (non-hydrogen) atoms. The summed E-state index contributed by atoms with van der Waals surface area (Å²) in [6.07, 6.45) is 3.36. The molecule has 3 atom stereocenters. The number of carboxylic acids is 1. The lowest BCUT2D eigenvalue weighted by atomic mass is 9.91. The van der Waals surface area contributed by atoms with Crippen LogP contribution in [0.3, 0.4) is 0 Å². The van der Waals surface area contributed by atoms with Crippen molar-refractivity contribution in [3.63, 3.8) is 0 Å². The van der Waals surface area contributed by atoms with Gasteiger partial charge in [0.1, 0.15) is 11.0 Å². The normalized spacial score (nSPS) is 24.2. The molecule has 6 nitrogen and oxygen atoms in total. The number of thiazole rings is 1. The first-order valence-electron chi connectivity index (χ1n) is 6.70. The Labute approximate surface area is 121 Å². The molecule has 7 heteroatoms. The monoisotopic (exact) mass is 297 g/mol. The largest absolute Gasteiger partial charge is 0.480 e. The van der Waals surface area contributed by atoms with Crippen molar-refractivity contribution in [3.05, 3.63) is 16.6 Å². The molecule has 0 radical (unpaired) electrons. The van der Waals surface area contributed by atoms with E-state index in [1.165, 1.54) is 16.2 Å². The molecule has 2 rings (SSSR count). The van der Waals surface area contributed by atoms with Crippen LogP contribution in [-0.2, 0) is 4.79 Å². The molecule has 0 saturated carbocycles. The van der Waals surface area contributed by atoms with Gasteiger partial charge < -0.3 is 15.3 Å². The van der Waals surface area contributed by atoms with Crippen molar-refractivity contribution in [2.24, 2.45) is 5.92 Å². The smallest absolute Gasteiger partial charge is 0.326 e. The Balaban J connectivity index is 2.05. The Kier molecular flexibility index (Phi) is 4.59. The maximum atomic E-state index is 12.3. The predicted molar refractivity (Wildman–Crippen MR) is 75.6 cm³/mol. The summed E-state index contributed by atoms with van der Waals surface area (Å²) in [4.78, 5) is 29.2. The summed E-state index contributed by atoms with van der Waals surface area (Å²) in [5.74, 6) is -0.962. The number of likely N-dealkylation sites (tertiary alicyclic amines) is 1. The zero-order chi connectivity index (χ0) is 14.7. The van der Waals surface area contributed by atoms with Crippen molar-refractivity contribution < 1.29 is 14.7 Å². The van der Waals surface area contributed by atoms with Gasteiger partial charge in [0.05, 0.1) is 6.04 Å². The van der Waals surface area contributed by atoms with Crippen LogP contribution in [0.4, 0.5) is 4.79 Å². The van der Waals surface area contributed by atoms with Crippen molar-refractivity contribution in [2.75, 3.05) is 6.54 Å². The van der Waals surface area contributed by atoms with Crippen molar-refractivity contribution >= 4 is 23.3 Å². The van der Waals surface area contributed by atoms with Crippen LogP contribution in [-0.4, -0.2) is 39.6 Å². The SMILES string of the molecule is CC(NC(=O)N1CCCC(C)C1C(=O)O)c1nccs1. The summed E-state index contributed by atoms with van der Waals surface area (Å²) in [6.45, 7) is 4.21. The number of aromatic nitrogens is 1. The number of piperidine rings is 1. The molecule has 1 aromatic rings. The quantitative estimate of drug-likeness (QED) is 0.895. The Morgan fingerprint density at radius 2 is 2.35 bits per heavy atom.